The fourth-order valence-electron chi connectivity index (χ4n) is 3.40. The highest BCUT2D eigenvalue weighted by atomic mass is 32.2. The second-order valence-corrected chi connectivity index (χ2v) is 8.76. The van der Waals surface area contributed by atoms with Crippen molar-refractivity contribution in [2.24, 2.45) is 0 Å². The number of carbonyl (C=O) groups excluding carboxylic acids is 1. The Hall–Kier alpha value is -2.45. The topological polar surface area (TPSA) is 91.4 Å². The average molecular weight is 419 g/mol. The molecular weight excluding hydrogens is 388 g/mol. The van der Waals surface area contributed by atoms with Crippen molar-refractivity contribution in [3.63, 3.8) is 0 Å². The van der Waals surface area contributed by atoms with E-state index < -0.39 is 10.0 Å². The van der Waals surface area contributed by atoms with Gasteiger partial charge in [-0.3, -0.25) is 4.98 Å². The van der Waals surface area contributed by atoms with Crippen LogP contribution in [0.4, 0.5) is 10.5 Å². The Morgan fingerprint density at radius 3 is 2.62 bits per heavy atom. The summed E-state index contributed by atoms with van der Waals surface area (Å²) in [6.45, 7) is 2.95. The molecule has 1 atom stereocenters. The number of hydrogen-bond acceptors (Lipinski definition) is 4. The minimum Gasteiger partial charge on any atom is -0.334 e. The Morgan fingerprint density at radius 2 is 1.97 bits per heavy atom. The van der Waals surface area contributed by atoms with Gasteiger partial charge < -0.3 is 10.6 Å². The molecule has 0 saturated carbocycles. The van der Waals surface area contributed by atoms with Crippen molar-refractivity contribution in [1.29, 1.82) is 0 Å². The fraction of sp³-hybridized carbons (Fsp3) is 0.429. The van der Waals surface area contributed by atoms with Gasteiger partial charge >= 0.3 is 6.03 Å². The smallest absolute Gasteiger partial charge is 0.319 e. The van der Waals surface area contributed by atoms with E-state index in [2.05, 4.69) is 15.6 Å². The number of benzene rings is 1. The van der Waals surface area contributed by atoms with Crippen LogP contribution in [0, 0.1) is 0 Å². The summed E-state index contributed by atoms with van der Waals surface area (Å²) < 4.78 is 27.6. The lowest BCUT2D eigenvalue weighted by molar-refractivity contribution is 0.246. The summed E-state index contributed by atoms with van der Waals surface area (Å²) >= 11 is 0. The SMILES string of the molecule is C.CC[C@H]1CCCCN1S(=O)(=O)c1ccc(NC(=O)NCc2cccnc2)cc1. The Morgan fingerprint density at radius 1 is 1.21 bits per heavy atom. The van der Waals surface area contributed by atoms with E-state index in [1.165, 1.54) is 0 Å². The van der Waals surface area contributed by atoms with Crippen LogP contribution in [-0.4, -0.2) is 36.3 Å². The second kappa shape index (κ2) is 10.4. The van der Waals surface area contributed by atoms with Crippen molar-refractivity contribution in [1.82, 2.24) is 14.6 Å². The summed E-state index contributed by atoms with van der Waals surface area (Å²) in [7, 11) is -3.52. The summed E-state index contributed by atoms with van der Waals surface area (Å²) in [5.74, 6) is 0. The highest BCUT2D eigenvalue weighted by molar-refractivity contribution is 7.89. The monoisotopic (exact) mass is 418 g/mol. The molecule has 2 aromatic rings. The van der Waals surface area contributed by atoms with Crippen molar-refractivity contribution in [2.45, 2.75) is 57.5 Å². The normalized spacial score (nSPS) is 17.2. The van der Waals surface area contributed by atoms with Gasteiger partial charge in [-0.2, -0.15) is 4.31 Å². The Bertz CT molecular complexity index is 886. The van der Waals surface area contributed by atoms with Gasteiger partial charge in [0.25, 0.3) is 0 Å². The van der Waals surface area contributed by atoms with Gasteiger partial charge in [0.1, 0.15) is 0 Å². The summed E-state index contributed by atoms with van der Waals surface area (Å²) in [6.07, 6.45) is 7.05. The van der Waals surface area contributed by atoms with Crippen molar-refractivity contribution in [3.05, 3.63) is 54.4 Å². The third-order valence-electron chi connectivity index (χ3n) is 4.94. The predicted octanol–water partition coefficient (Wildman–Crippen LogP) is 3.99. The van der Waals surface area contributed by atoms with Crippen LogP contribution in [0.3, 0.4) is 0 Å². The van der Waals surface area contributed by atoms with Crippen molar-refractivity contribution in [3.8, 4) is 0 Å². The first-order valence-corrected chi connectivity index (χ1v) is 11.0. The minimum atomic E-state index is -3.52. The molecule has 7 nitrogen and oxygen atoms in total. The second-order valence-electron chi connectivity index (χ2n) is 6.87. The van der Waals surface area contributed by atoms with Crippen LogP contribution in [0.25, 0.3) is 0 Å². The maximum atomic E-state index is 13.0. The quantitative estimate of drug-likeness (QED) is 0.742. The molecule has 2 amide bonds. The largest absolute Gasteiger partial charge is 0.334 e. The number of nitrogens with zero attached hydrogens (tertiary/aromatic N) is 2. The number of nitrogens with one attached hydrogen (secondary N) is 2. The molecule has 0 radical (unpaired) electrons. The van der Waals surface area contributed by atoms with Gasteiger partial charge in [0, 0.05) is 37.2 Å². The molecule has 1 saturated heterocycles. The van der Waals surface area contributed by atoms with E-state index in [1.54, 1.807) is 47.0 Å². The number of amides is 2. The van der Waals surface area contributed by atoms with Crippen LogP contribution >= 0.6 is 0 Å². The van der Waals surface area contributed by atoms with Crippen molar-refractivity contribution >= 4 is 21.7 Å². The molecule has 1 aliphatic heterocycles. The Balaban J connectivity index is 0.00000300. The summed E-state index contributed by atoms with van der Waals surface area (Å²) in [4.78, 5) is 16.3. The van der Waals surface area contributed by atoms with Gasteiger partial charge in [0.2, 0.25) is 10.0 Å². The molecule has 8 heteroatoms. The van der Waals surface area contributed by atoms with Gasteiger partial charge in [0.15, 0.2) is 0 Å². The molecule has 0 bridgehead atoms. The lowest BCUT2D eigenvalue weighted by atomic mass is 10.0. The third-order valence-corrected chi connectivity index (χ3v) is 6.91. The van der Waals surface area contributed by atoms with E-state index in [0.29, 0.717) is 18.8 Å². The Kier molecular flexibility index (Phi) is 8.16. The lowest BCUT2D eigenvalue weighted by Gasteiger charge is -2.34. The first kappa shape index (κ1) is 22.8. The first-order chi connectivity index (χ1) is 13.5. The molecule has 1 aliphatic rings. The van der Waals surface area contributed by atoms with Crippen LogP contribution in [0.15, 0.2) is 53.7 Å². The fourth-order valence-corrected chi connectivity index (χ4v) is 5.17. The number of aromatic nitrogens is 1. The van der Waals surface area contributed by atoms with Gasteiger partial charge in [-0.05, 0) is 55.2 Å². The number of anilines is 1. The zero-order valence-electron chi connectivity index (χ0n) is 16.0. The first-order valence-electron chi connectivity index (χ1n) is 9.56. The van der Waals surface area contributed by atoms with E-state index in [0.717, 1.165) is 31.2 Å². The highest BCUT2D eigenvalue weighted by Gasteiger charge is 2.32. The zero-order chi connectivity index (χ0) is 20.0. The van der Waals surface area contributed by atoms with Crippen LogP contribution < -0.4 is 10.6 Å². The van der Waals surface area contributed by atoms with E-state index in [-0.39, 0.29) is 24.4 Å². The molecule has 2 heterocycles. The number of piperidine rings is 1. The maximum Gasteiger partial charge on any atom is 0.319 e. The number of rotatable bonds is 6. The average Bonchev–Trinajstić information content (AvgIpc) is 2.73. The standard InChI is InChI=1S/C20H26N4O3S.CH4/c1-2-18-7-3-4-13-24(18)28(26,27)19-10-8-17(9-11-19)23-20(25)22-15-16-6-5-12-21-14-16;/h5-6,8-12,14,18H,2-4,7,13,15H2,1H3,(H2,22,23,25);1H4/t18-;/m0./s1. The van der Waals surface area contributed by atoms with Crippen molar-refractivity contribution < 1.29 is 13.2 Å². The minimum absolute atomic E-state index is 0. The van der Waals surface area contributed by atoms with Gasteiger partial charge in [-0.15, -0.1) is 0 Å². The van der Waals surface area contributed by atoms with E-state index in [9.17, 15) is 13.2 Å². The van der Waals surface area contributed by atoms with E-state index in [1.807, 2.05) is 13.0 Å². The van der Waals surface area contributed by atoms with Crippen molar-refractivity contribution in [2.75, 3.05) is 11.9 Å². The van der Waals surface area contributed by atoms with Gasteiger partial charge in [-0.25, -0.2) is 13.2 Å². The highest BCUT2D eigenvalue weighted by Crippen LogP contribution is 2.27. The summed E-state index contributed by atoms with van der Waals surface area (Å²) in [6, 6.07) is 9.71. The molecule has 2 N–H and O–H groups in total. The molecular formula is C21H30N4O3S. The van der Waals surface area contributed by atoms with Gasteiger partial charge in [0.05, 0.1) is 4.90 Å². The molecule has 0 unspecified atom stereocenters. The number of carbonyl (C=O) groups is 1. The number of sulfonamides is 1. The van der Waals surface area contributed by atoms with Crippen LogP contribution in [-0.2, 0) is 16.6 Å². The molecule has 0 spiro atoms. The summed E-state index contributed by atoms with van der Waals surface area (Å²) in [5.41, 5.74) is 1.43. The molecule has 3 rings (SSSR count). The number of urea groups is 1. The molecule has 0 aliphatic carbocycles. The third kappa shape index (κ3) is 5.77. The van der Waals surface area contributed by atoms with Gasteiger partial charge in [-0.1, -0.05) is 26.8 Å². The molecule has 1 aromatic carbocycles. The Labute approximate surface area is 173 Å². The molecule has 1 fully saturated rings. The molecule has 29 heavy (non-hydrogen) atoms. The van der Waals surface area contributed by atoms with E-state index in [4.69, 9.17) is 0 Å². The summed E-state index contributed by atoms with van der Waals surface area (Å²) in [5, 5.41) is 5.45. The zero-order valence-corrected chi connectivity index (χ0v) is 16.8. The van der Waals surface area contributed by atoms with Crippen LogP contribution in [0.1, 0.15) is 45.6 Å². The lowest BCUT2D eigenvalue weighted by Crippen LogP contribution is -2.43. The maximum absolute atomic E-state index is 13.0. The van der Waals surface area contributed by atoms with E-state index >= 15 is 0 Å². The van der Waals surface area contributed by atoms with Crippen LogP contribution in [0.2, 0.25) is 0 Å². The van der Waals surface area contributed by atoms with Crippen LogP contribution in [0.5, 0.6) is 0 Å². The number of hydrogen-bond donors (Lipinski definition) is 2. The molecule has 158 valence electrons. The number of pyridine rings is 1. The predicted molar refractivity (Wildman–Crippen MR) is 115 cm³/mol. The molecule has 1 aromatic heterocycles.